The molecule has 22 heavy (non-hydrogen) atoms. The molecule has 7 heteroatoms. The van der Waals surface area contributed by atoms with Gasteiger partial charge < -0.3 is 4.90 Å². The summed E-state index contributed by atoms with van der Waals surface area (Å²) < 4.78 is 0. The van der Waals surface area contributed by atoms with Crippen molar-refractivity contribution in [2.45, 2.75) is 19.9 Å². The molecule has 0 saturated carbocycles. The van der Waals surface area contributed by atoms with E-state index in [0.29, 0.717) is 5.56 Å². The Kier molecular flexibility index (Phi) is 4.45. The Morgan fingerprint density at radius 3 is 2.64 bits per heavy atom. The van der Waals surface area contributed by atoms with Crippen LogP contribution in [-0.4, -0.2) is 32.7 Å². The third-order valence-corrected chi connectivity index (χ3v) is 3.46. The van der Waals surface area contributed by atoms with Gasteiger partial charge in [0.15, 0.2) is 0 Å². The predicted octanol–water partition coefficient (Wildman–Crippen LogP) is 2.53. The summed E-state index contributed by atoms with van der Waals surface area (Å²) >= 11 is 0. The van der Waals surface area contributed by atoms with Gasteiger partial charge in [-0.25, -0.2) is 4.98 Å². The van der Waals surface area contributed by atoms with Crippen LogP contribution >= 0.6 is 0 Å². The lowest BCUT2D eigenvalue weighted by atomic mass is 10.1. The fourth-order valence-corrected chi connectivity index (χ4v) is 1.98. The maximum atomic E-state index is 12.4. The fraction of sp³-hybridized carbons (Fsp3) is 0.267. The summed E-state index contributed by atoms with van der Waals surface area (Å²) in [6, 6.07) is 5.92. The molecule has 1 aromatic carbocycles. The number of amides is 1. The first-order valence-corrected chi connectivity index (χ1v) is 6.70. The first-order valence-electron chi connectivity index (χ1n) is 6.70. The van der Waals surface area contributed by atoms with Crippen molar-refractivity contribution in [3.63, 3.8) is 0 Å². The molecule has 1 heterocycles. The Morgan fingerprint density at radius 2 is 2.05 bits per heavy atom. The topological polar surface area (TPSA) is 89.2 Å². The fourth-order valence-electron chi connectivity index (χ4n) is 1.98. The van der Waals surface area contributed by atoms with Crippen molar-refractivity contribution in [1.82, 2.24) is 14.9 Å². The molecule has 0 aliphatic heterocycles. The molecule has 0 N–H and O–H groups in total. The van der Waals surface area contributed by atoms with E-state index in [-0.39, 0.29) is 23.3 Å². The van der Waals surface area contributed by atoms with Crippen LogP contribution < -0.4 is 0 Å². The van der Waals surface area contributed by atoms with E-state index in [0.717, 1.165) is 5.69 Å². The molecule has 1 aromatic heterocycles. The standard InChI is InChI=1S/C15H16N4O3/c1-10-8-17-14(9-16-10)15(20)18(3)11(2)12-5-4-6-13(7-12)19(21)22/h4-9,11H,1-3H3/t11-/m1/s1. The summed E-state index contributed by atoms with van der Waals surface area (Å²) in [6.07, 6.45) is 2.95. The Morgan fingerprint density at radius 1 is 1.32 bits per heavy atom. The highest BCUT2D eigenvalue weighted by atomic mass is 16.6. The van der Waals surface area contributed by atoms with Gasteiger partial charge in [0, 0.05) is 25.4 Å². The molecule has 0 bridgehead atoms. The number of aryl methyl sites for hydroxylation is 1. The largest absolute Gasteiger partial charge is 0.334 e. The normalized spacial score (nSPS) is 11.8. The van der Waals surface area contributed by atoms with Crippen LogP contribution in [0.2, 0.25) is 0 Å². The summed E-state index contributed by atoms with van der Waals surface area (Å²) in [4.78, 5) is 32.4. The number of hydrogen-bond donors (Lipinski definition) is 0. The maximum absolute atomic E-state index is 12.4. The van der Waals surface area contributed by atoms with Crippen LogP contribution in [0.4, 0.5) is 5.69 Å². The second-order valence-corrected chi connectivity index (χ2v) is 4.99. The van der Waals surface area contributed by atoms with Gasteiger partial charge in [-0.15, -0.1) is 0 Å². The monoisotopic (exact) mass is 300 g/mol. The van der Waals surface area contributed by atoms with Crippen molar-refractivity contribution in [2.24, 2.45) is 0 Å². The van der Waals surface area contributed by atoms with E-state index in [4.69, 9.17) is 0 Å². The molecular formula is C15H16N4O3. The predicted molar refractivity (Wildman–Crippen MR) is 80.4 cm³/mol. The third kappa shape index (κ3) is 3.25. The first kappa shape index (κ1) is 15.6. The summed E-state index contributed by atoms with van der Waals surface area (Å²) in [5.41, 5.74) is 1.65. The van der Waals surface area contributed by atoms with Crippen LogP contribution in [0.5, 0.6) is 0 Å². The van der Waals surface area contributed by atoms with Crippen LogP contribution in [0.1, 0.15) is 34.7 Å². The minimum atomic E-state index is -0.455. The summed E-state index contributed by atoms with van der Waals surface area (Å²) in [5, 5.41) is 10.8. The molecule has 1 amide bonds. The molecule has 0 aliphatic carbocycles. The van der Waals surface area contributed by atoms with Crippen molar-refractivity contribution in [2.75, 3.05) is 7.05 Å². The molecule has 114 valence electrons. The number of carbonyl (C=O) groups is 1. The zero-order valence-corrected chi connectivity index (χ0v) is 12.6. The van der Waals surface area contributed by atoms with Gasteiger partial charge in [-0.3, -0.25) is 19.9 Å². The number of aromatic nitrogens is 2. The summed E-state index contributed by atoms with van der Waals surface area (Å²) in [7, 11) is 1.63. The van der Waals surface area contributed by atoms with Crippen molar-refractivity contribution in [3.05, 3.63) is 63.7 Å². The lowest BCUT2D eigenvalue weighted by Gasteiger charge is -2.24. The van der Waals surface area contributed by atoms with Crippen LogP contribution in [0.25, 0.3) is 0 Å². The van der Waals surface area contributed by atoms with Crippen molar-refractivity contribution < 1.29 is 9.72 Å². The van der Waals surface area contributed by atoms with Crippen molar-refractivity contribution in [1.29, 1.82) is 0 Å². The van der Waals surface area contributed by atoms with Gasteiger partial charge in [0.2, 0.25) is 0 Å². The smallest absolute Gasteiger partial charge is 0.274 e. The minimum absolute atomic E-state index is 0.000302. The highest BCUT2D eigenvalue weighted by Crippen LogP contribution is 2.23. The molecule has 0 aliphatic rings. The molecule has 0 radical (unpaired) electrons. The van der Waals surface area contributed by atoms with E-state index >= 15 is 0 Å². The highest BCUT2D eigenvalue weighted by molar-refractivity contribution is 5.92. The van der Waals surface area contributed by atoms with E-state index < -0.39 is 4.92 Å². The number of nitro benzene ring substituents is 1. The van der Waals surface area contributed by atoms with Gasteiger partial charge in [-0.1, -0.05) is 12.1 Å². The summed E-state index contributed by atoms with van der Waals surface area (Å²) in [6.45, 7) is 3.59. The van der Waals surface area contributed by atoms with Crippen LogP contribution in [0.3, 0.4) is 0 Å². The lowest BCUT2D eigenvalue weighted by Crippen LogP contribution is -2.30. The number of nitrogens with zero attached hydrogens (tertiary/aromatic N) is 4. The second kappa shape index (κ2) is 6.30. The second-order valence-electron chi connectivity index (χ2n) is 4.99. The van der Waals surface area contributed by atoms with Crippen LogP contribution in [-0.2, 0) is 0 Å². The van der Waals surface area contributed by atoms with Gasteiger partial charge in [0.05, 0.1) is 22.9 Å². The Hall–Kier alpha value is -2.83. The zero-order valence-electron chi connectivity index (χ0n) is 12.6. The van der Waals surface area contributed by atoms with E-state index in [1.807, 2.05) is 0 Å². The molecule has 0 spiro atoms. The quantitative estimate of drug-likeness (QED) is 0.639. The molecule has 0 fully saturated rings. The number of nitro groups is 1. The number of rotatable bonds is 4. The third-order valence-electron chi connectivity index (χ3n) is 3.46. The van der Waals surface area contributed by atoms with Gasteiger partial charge >= 0.3 is 0 Å². The number of benzene rings is 1. The molecule has 2 aromatic rings. The molecule has 1 atom stereocenters. The van der Waals surface area contributed by atoms with Crippen molar-refractivity contribution in [3.8, 4) is 0 Å². The van der Waals surface area contributed by atoms with E-state index in [1.165, 1.54) is 29.4 Å². The van der Waals surface area contributed by atoms with E-state index in [1.54, 1.807) is 33.0 Å². The summed E-state index contributed by atoms with van der Waals surface area (Å²) in [5.74, 6) is -0.286. The minimum Gasteiger partial charge on any atom is -0.334 e. The Bertz CT molecular complexity index is 700. The van der Waals surface area contributed by atoms with Crippen LogP contribution in [0, 0.1) is 17.0 Å². The van der Waals surface area contributed by atoms with Crippen molar-refractivity contribution >= 4 is 11.6 Å². The van der Waals surface area contributed by atoms with Gasteiger partial charge in [0.25, 0.3) is 11.6 Å². The zero-order chi connectivity index (χ0) is 16.3. The molecule has 0 saturated heterocycles. The van der Waals surface area contributed by atoms with E-state index in [2.05, 4.69) is 9.97 Å². The number of non-ortho nitro benzene ring substituents is 1. The maximum Gasteiger partial charge on any atom is 0.274 e. The Balaban J connectivity index is 2.22. The van der Waals surface area contributed by atoms with Gasteiger partial charge in [0.1, 0.15) is 5.69 Å². The van der Waals surface area contributed by atoms with Gasteiger partial charge in [-0.2, -0.15) is 0 Å². The average molecular weight is 300 g/mol. The lowest BCUT2D eigenvalue weighted by molar-refractivity contribution is -0.384. The molecular weight excluding hydrogens is 284 g/mol. The first-order chi connectivity index (χ1) is 10.4. The van der Waals surface area contributed by atoms with Gasteiger partial charge in [-0.05, 0) is 19.4 Å². The van der Waals surface area contributed by atoms with Crippen LogP contribution in [0.15, 0.2) is 36.7 Å². The number of hydrogen-bond acceptors (Lipinski definition) is 5. The number of carbonyl (C=O) groups excluding carboxylic acids is 1. The molecule has 0 unspecified atom stereocenters. The molecule has 2 rings (SSSR count). The Labute approximate surface area is 127 Å². The highest BCUT2D eigenvalue weighted by Gasteiger charge is 2.21. The average Bonchev–Trinajstić information content (AvgIpc) is 2.53. The SMILES string of the molecule is Cc1cnc(C(=O)N(C)[C@H](C)c2cccc([N+](=O)[O-])c2)cn1. The van der Waals surface area contributed by atoms with E-state index in [9.17, 15) is 14.9 Å². The molecule has 7 nitrogen and oxygen atoms in total.